The molecule has 0 bridgehead atoms. The van der Waals surface area contributed by atoms with Crippen LogP contribution in [0, 0.1) is 0 Å². The van der Waals surface area contributed by atoms with Crippen LogP contribution in [0.15, 0.2) is 42.0 Å². The van der Waals surface area contributed by atoms with Gasteiger partial charge < -0.3 is 4.55 Å². The molecule has 0 spiro atoms. The van der Waals surface area contributed by atoms with Gasteiger partial charge in [-0.1, -0.05) is 0 Å². The standard InChI is InChI=1S/C19H29GeOS.CHF3O3S/c1-20(2,3)19(18(21)17-12-6-5-7-13-17)22(4)15-14-16-10-8-9-11-16;2-1(3,4)8(5,6)7/h5-7,12-14,19H,8-11,15H2,1-4H3;(H,5,6,7)/q+1;/p-1. The smallest absolute Gasteiger partial charge is 0.485 e. The molecule has 170 valence electrons. The van der Waals surface area contributed by atoms with Crippen molar-refractivity contribution >= 4 is 40.1 Å². The Morgan fingerprint density at radius 1 is 1.17 bits per heavy atom. The molecule has 0 heterocycles. The predicted molar refractivity (Wildman–Crippen MR) is 118 cm³/mol. The summed E-state index contributed by atoms with van der Waals surface area (Å²) in [6.45, 7) is 0. The summed E-state index contributed by atoms with van der Waals surface area (Å²) in [6, 6.07) is 9.91. The summed E-state index contributed by atoms with van der Waals surface area (Å²) in [5, 5.41) is 0. The van der Waals surface area contributed by atoms with E-state index in [0.717, 1.165) is 11.3 Å². The van der Waals surface area contributed by atoms with Crippen LogP contribution in [0.1, 0.15) is 36.0 Å². The van der Waals surface area contributed by atoms with Crippen molar-refractivity contribution in [1.29, 1.82) is 0 Å². The van der Waals surface area contributed by atoms with E-state index in [1.54, 1.807) is 5.57 Å². The molecule has 0 amide bonds. The van der Waals surface area contributed by atoms with Crippen molar-refractivity contribution < 1.29 is 30.9 Å². The summed E-state index contributed by atoms with van der Waals surface area (Å²) in [4.78, 5) is 13.1. The van der Waals surface area contributed by atoms with Crippen LogP contribution in [-0.2, 0) is 21.0 Å². The van der Waals surface area contributed by atoms with E-state index >= 15 is 0 Å². The number of carbonyl (C=O) groups is 1. The average molecular weight is 527 g/mol. The largest absolute Gasteiger partial charge is 0.741 e. The van der Waals surface area contributed by atoms with Crippen LogP contribution in [0.4, 0.5) is 13.2 Å². The van der Waals surface area contributed by atoms with E-state index < -0.39 is 28.9 Å². The second kappa shape index (κ2) is 11.2. The van der Waals surface area contributed by atoms with Gasteiger partial charge in [0.05, 0.1) is 0 Å². The molecule has 10 heteroatoms. The minimum Gasteiger partial charge on any atom is -0.741 e. The van der Waals surface area contributed by atoms with Crippen molar-refractivity contribution in [1.82, 2.24) is 0 Å². The van der Waals surface area contributed by atoms with E-state index in [9.17, 15) is 18.0 Å². The average Bonchev–Trinajstić information content (AvgIpc) is 3.12. The Balaban J connectivity index is 0.000000479. The van der Waals surface area contributed by atoms with E-state index in [2.05, 4.69) is 29.6 Å². The molecule has 30 heavy (non-hydrogen) atoms. The fourth-order valence-corrected chi connectivity index (χ4v) is 15.9. The Morgan fingerprint density at radius 2 is 1.63 bits per heavy atom. The van der Waals surface area contributed by atoms with Crippen LogP contribution in [0.2, 0.25) is 17.3 Å². The first kappa shape index (κ1) is 27.3. The molecule has 2 rings (SSSR count). The van der Waals surface area contributed by atoms with Crippen molar-refractivity contribution in [2.45, 2.75) is 52.5 Å². The van der Waals surface area contributed by atoms with Gasteiger partial charge >= 0.3 is 147 Å². The van der Waals surface area contributed by atoms with Gasteiger partial charge in [-0.15, -0.1) is 0 Å². The van der Waals surface area contributed by atoms with Gasteiger partial charge in [-0.3, -0.25) is 0 Å². The molecule has 1 fully saturated rings. The summed E-state index contributed by atoms with van der Waals surface area (Å²) >= 11 is -2.08. The van der Waals surface area contributed by atoms with E-state index in [1.807, 2.05) is 30.3 Å². The van der Waals surface area contributed by atoms with Gasteiger partial charge in [-0.25, -0.2) is 8.42 Å². The molecule has 2 atom stereocenters. The number of rotatable bonds is 6. The monoisotopic (exact) mass is 528 g/mol. The number of halogens is 3. The first-order chi connectivity index (χ1) is 13.6. The van der Waals surface area contributed by atoms with E-state index in [1.165, 1.54) is 25.7 Å². The Bertz CT molecular complexity index is 824. The van der Waals surface area contributed by atoms with Crippen LogP contribution in [0.3, 0.4) is 0 Å². The third kappa shape index (κ3) is 8.76. The summed E-state index contributed by atoms with van der Waals surface area (Å²) in [5.41, 5.74) is -3.11. The van der Waals surface area contributed by atoms with Crippen LogP contribution < -0.4 is 0 Å². The van der Waals surface area contributed by atoms with Gasteiger partial charge in [0.15, 0.2) is 10.1 Å². The summed E-state index contributed by atoms with van der Waals surface area (Å²) in [5.74, 6) is 8.65. The molecule has 1 aliphatic carbocycles. The number of allylic oxidation sites excluding steroid dienone is 1. The Morgan fingerprint density at radius 3 is 2.03 bits per heavy atom. The summed E-state index contributed by atoms with van der Waals surface area (Å²) < 4.78 is 59.2. The molecule has 1 aromatic rings. The SMILES string of the molecule is C[S+](CC=C1CCCC1)[CH](C(=O)c1ccccc1)[Ge]([CH3])([CH3])[CH3].O=S(=O)([O-])C(F)(F)F. The van der Waals surface area contributed by atoms with Crippen molar-refractivity contribution in [3.63, 3.8) is 0 Å². The zero-order chi connectivity index (χ0) is 23.2. The fourth-order valence-electron chi connectivity index (χ4n) is 3.31. The van der Waals surface area contributed by atoms with Crippen molar-refractivity contribution in [3.05, 3.63) is 47.5 Å². The Kier molecular flexibility index (Phi) is 10.2. The van der Waals surface area contributed by atoms with Crippen molar-refractivity contribution in [3.8, 4) is 0 Å². The van der Waals surface area contributed by atoms with Crippen LogP contribution >= 0.6 is 0 Å². The Labute approximate surface area is 182 Å². The fraction of sp³-hybridized carbons (Fsp3) is 0.550. The quantitative estimate of drug-likeness (QED) is 0.132. The first-order valence-corrected chi connectivity index (χ1v) is 20.3. The first-order valence-electron chi connectivity index (χ1n) is 9.55. The van der Waals surface area contributed by atoms with Crippen LogP contribution in [0.25, 0.3) is 0 Å². The van der Waals surface area contributed by atoms with E-state index in [4.69, 9.17) is 13.0 Å². The number of carbonyl (C=O) groups excluding carboxylic acids is 1. The summed E-state index contributed by atoms with van der Waals surface area (Å²) in [6.07, 6.45) is 10.0. The van der Waals surface area contributed by atoms with Crippen molar-refractivity contribution in [2.75, 3.05) is 12.0 Å². The summed E-state index contributed by atoms with van der Waals surface area (Å²) in [7, 11) is -5.94. The second-order valence-corrected chi connectivity index (χ2v) is 23.9. The normalized spacial score (nSPS) is 17.0. The van der Waals surface area contributed by atoms with Gasteiger partial charge in [0, 0.05) is 0 Å². The van der Waals surface area contributed by atoms with E-state index in [-0.39, 0.29) is 15.0 Å². The molecule has 0 aliphatic heterocycles. The number of alkyl halides is 3. The zero-order valence-corrected chi connectivity index (χ0v) is 21.4. The number of hydrogen-bond acceptors (Lipinski definition) is 4. The third-order valence-corrected chi connectivity index (χ3v) is 17.0. The number of hydrogen-bond donors (Lipinski definition) is 0. The van der Waals surface area contributed by atoms with E-state index in [0.29, 0.717) is 5.78 Å². The maximum atomic E-state index is 13.1. The topological polar surface area (TPSA) is 74.3 Å². The van der Waals surface area contributed by atoms with Gasteiger partial charge in [0.25, 0.3) is 0 Å². The third-order valence-electron chi connectivity index (χ3n) is 4.65. The molecule has 2 unspecified atom stereocenters. The molecular weight excluding hydrogens is 498 g/mol. The minimum absolute atomic E-state index is 0.154. The van der Waals surface area contributed by atoms with Gasteiger partial charge in [0.2, 0.25) is 0 Å². The molecule has 0 N–H and O–H groups in total. The van der Waals surface area contributed by atoms with Gasteiger partial charge in [0.1, 0.15) is 0 Å². The van der Waals surface area contributed by atoms with Crippen molar-refractivity contribution in [2.24, 2.45) is 0 Å². The molecular formula is C20H29F3GeO4S2. The van der Waals surface area contributed by atoms with Crippen LogP contribution in [-0.4, -0.2) is 53.6 Å². The number of ketones is 1. The molecule has 0 radical (unpaired) electrons. The minimum atomic E-state index is -6.09. The van der Waals surface area contributed by atoms with Crippen LogP contribution in [0.5, 0.6) is 0 Å². The molecule has 1 aromatic carbocycles. The zero-order valence-electron chi connectivity index (χ0n) is 17.7. The van der Waals surface area contributed by atoms with Gasteiger partial charge in [-0.05, 0) is 0 Å². The maximum absolute atomic E-state index is 13.1. The number of Topliss-reactive ketones (excluding diaryl/α,β-unsaturated/α-hetero) is 1. The molecule has 4 nitrogen and oxygen atoms in total. The predicted octanol–water partition coefficient (Wildman–Crippen LogP) is 4.92. The molecule has 0 saturated heterocycles. The number of benzene rings is 1. The molecule has 1 saturated carbocycles. The maximum Gasteiger partial charge on any atom is 0.485 e. The molecule has 0 aromatic heterocycles. The Hall–Kier alpha value is -0.777. The van der Waals surface area contributed by atoms with Gasteiger partial charge in [-0.2, -0.15) is 13.2 Å². The molecule has 1 aliphatic rings. The second-order valence-electron chi connectivity index (χ2n) is 8.30.